The number of carboxylic acids is 2. The molecule has 116 valence electrons. The summed E-state index contributed by atoms with van der Waals surface area (Å²) in [6, 6.07) is -0.934. The van der Waals surface area contributed by atoms with Gasteiger partial charge in [0.2, 0.25) is 5.91 Å². The highest BCUT2D eigenvalue weighted by Gasteiger charge is 2.31. The number of carbonyl (C=O) groups is 3. The van der Waals surface area contributed by atoms with E-state index < -0.39 is 23.9 Å². The standard InChI is InChI=1S/C14H25NO5/c1-4-6-8-11(14(19)20)15(12(16)7-5-2)9-10(3)13(17)18/h10-11H,4-9H2,1-3H3,(H,17,18)(H,19,20). The predicted octanol–water partition coefficient (Wildman–Crippen LogP) is 1.98. The maximum atomic E-state index is 12.1. The molecule has 0 aliphatic carbocycles. The van der Waals surface area contributed by atoms with Crippen molar-refractivity contribution in [3.05, 3.63) is 0 Å². The third-order valence-electron chi connectivity index (χ3n) is 3.17. The second-order valence-electron chi connectivity index (χ2n) is 5.03. The molecule has 0 spiro atoms. The molecule has 1 amide bonds. The van der Waals surface area contributed by atoms with Crippen molar-refractivity contribution in [3.63, 3.8) is 0 Å². The first kappa shape index (κ1) is 18.4. The monoisotopic (exact) mass is 287 g/mol. The molecule has 0 rings (SSSR count). The van der Waals surface area contributed by atoms with E-state index in [9.17, 15) is 19.5 Å². The molecule has 0 radical (unpaired) electrons. The minimum atomic E-state index is -1.07. The maximum Gasteiger partial charge on any atom is 0.326 e. The van der Waals surface area contributed by atoms with Crippen LogP contribution in [0.3, 0.4) is 0 Å². The van der Waals surface area contributed by atoms with Crippen molar-refractivity contribution < 1.29 is 24.6 Å². The van der Waals surface area contributed by atoms with Gasteiger partial charge in [-0.1, -0.05) is 33.6 Å². The second-order valence-corrected chi connectivity index (χ2v) is 5.03. The minimum absolute atomic E-state index is 0.0607. The third-order valence-corrected chi connectivity index (χ3v) is 3.17. The van der Waals surface area contributed by atoms with Gasteiger partial charge in [-0.25, -0.2) is 4.79 Å². The lowest BCUT2D eigenvalue weighted by molar-refractivity contribution is -0.153. The van der Waals surface area contributed by atoms with Gasteiger partial charge in [0.05, 0.1) is 5.92 Å². The number of rotatable bonds is 10. The number of aliphatic carboxylic acids is 2. The Morgan fingerprint density at radius 2 is 1.65 bits per heavy atom. The SMILES string of the molecule is CCCCC(C(=O)O)N(CC(C)C(=O)O)C(=O)CCC. The van der Waals surface area contributed by atoms with Gasteiger partial charge in [0.1, 0.15) is 6.04 Å². The number of hydrogen-bond donors (Lipinski definition) is 2. The maximum absolute atomic E-state index is 12.1. The normalized spacial score (nSPS) is 13.6. The fourth-order valence-corrected chi connectivity index (χ4v) is 1.94. The number of unbranched alkanes of at least 4 members (excludes halogenated alkanes) is 1. The third kappa shape index (κ3) is 6.04. The molecule has 0 aromatic carbocycles. The molecule has 0 aliphatic rings. The Balaban J connectivity index is 5.07. The van der Waals surface area contributed by atoms with Crippen LogP contribution in [0.4, 0.5) is 0 Å². The van der Waals surface area contributed by atoms with Gasteiger partial charge in [-0.15, -0.1) is 0 Å². The molecular weight excluding hydrogens is 262 g/mol. The van der Waals surface area contributed by atoms with Crippen LogP contribution in [-0.4, -0.2) is 45.5 Å². The molecule has 20 heavy (non-hydrogen) atoms. The first-order valence-corrected chi connectivity index (χ1v) is 7.10. The Morgan fingerprint density at radius 3 is 2.05 bits per heavy atom. The van der Waals surface area contributed by atoms with Crippen LogP contribution in [-0.2, 0) is 14.4 Å². The van der Waals surface area contributed by atoms with Gasteiger partial charge in [0.15, 0.2) is 0 Å². The first-order valence-electron chi connectivity index (χ1n) is 7.10. The molecule has 0 aliphatic heterocycles. The van der Waals surface area contributed by atoms with Crippen molar-refractivity contribution in [1.82, 2.24) is 4.90 Å². The highest BCUT2D eigenvalue weighted by atomic mass is 16.4. The molecule has 0 bridgehead atoms. The Bertz CT molecular complexity index is 342. The zero-order chi connectivity index (χ0) is 15.7. The minimum Gasteiger partial charge on any atom is -0.481 e. The molecule has 0 aromatic heterocycles. The van der Waals surface area contributed by atoms with Gasteiger partial charge < -0.3 is 15.1 Å². The molecule has 2 atom stereocenters. The first-order chi connectivity index (χ1) is 9.34. The summed E-state index contributed by atoms with van der Waals surface area (Å²) in [5.41, 5.74) is 0. The Labute approximate surface area is 119 Å². The molecule has 0 aromatic rings. The Morgan fingerprint density at radius 1 is 1.05 bits per heavy atom. The fraction of sp³-hybridized carbons (Fsp3) is 0.786. The Hall–Kier alpha value is -1.59. The summed E-state index contributed by atoms with van der Waals surface area (Å²) in [5.74, 6) is -3.16. The second kappa shape index (κ2) is 9.34. The average molecular weight is 287 g/mol. The summed E-state index contributed by atoms with van der Waals surface area (Å²) in [5, 5.41) is 18.3. The van der Waals surface area contributed by atoms with Gasteiger partial charge in [-0.05, 0) is 12.8 Å². The molecule has 0 fully saturated rings. The van der Waals surface area contributed by atoms with Gasteiger partial charge in [0.25, 0.3) is 0 Å². The summed E-state index contributed by atoms with van der Waals surface area (Å²) >= 11 is 0. The molecule has 2 N–H and O–H groups in total. The Kier molecular flexibility index (Phi) is 8.59. The zero-order valence-corrected chi connectivity index (χ0v) is 12.5. The van der Waals surface area contributed by atoms with E-state index in [1.165, 1.54) is 11.8 Å². The van der Waals surface area contributed by atoms with E-state index in [2.05, 4.69) is 0 Å². The van der Waals surface area contributed by atoms with Crippen molar-refractivity contribution in [1.29, 1.82) is 0 Å². The van der Waals surface area contributed by atoms with E-state index in [0.29, 0.717) is 19.3 Å². The highest BCUT2D eigenvalue weighted by Crippen LogP contribution is 2.14. The van der Waals surface area contributed by atoms with Crippen molar-refractivity contribution in [3.8, 4) is 0 Å². The number of nitrogens with zero attached hydrogens (tertiary/aromatic N) is 1. The number of carboxylic acid groups (broad SMARTS) is 2. The molecule has 0 saturated carbocycles. The quantitative estimate of drug-likeness (QED) is 0.640. The lowest BCUT2D eigenvalue weighted by Gasteiger charge is -2.30. The van der Waals surface area contributed by atoms with E-state index in [-0.39, 0.29) is 18.9 Å². The average Bonchev–Trinajstić information content (AvgIpc) is 2.37. The van der Waals surface area contributed by atoms with Crippen molar-refractivity contribution in [2.24, 2.45) is 5.92 Å². The highest BCUT2D eigenvalue weighted by molar-refractivity contribution is 5.84. The predicted molar refractivity (Wildman–Crippen MR) is 74.4 cm³/mol. The topological polar surface area (TPSA) is 94.9 Å². The van der Waals surface area contributed by atoms with Crippen molar-refractivity contribution >= 4 is 17.8 Å². The molecule has 2 unspecified atom stereocenters. The van der Waals surface area contributed by atoms with Crippen LogP contribution in [0.2, 0.25) is 0 Å². The van der Waals surface area contributed by atoms with Crippen LogP contribution in [0, 0.1) is 5.92 Å². The molecule has 6 nitrogen and oxygen atoms in total. The fourth-order valence-electron chi connectivity index (χ4n) is 1.94. The van der Waals surface area contributed by atoms with E-state index in [0.717, 1.165) is 6.42 Å². The molecular formula is C14H25NO5. The van der Waals surface area contributed by atoms with Crippen LogP contribution >= 0.6 is 0 Å². The van der Waals surface area contributed by atoms with E-state index >= 15 is 0 Å². The van der Waals surface area contributed by atoms with Gasteiger partial charge in [0, 0.05) is 13.0 Å². The molecule has 0 heterocycles. The van der Waals surface area contributed by atoms with E-state index in [1.807, 2.05) is 13.8 Å². The summed E-state index contributed by atoms with van der Waals surface area (Å²) in [4.78, 5) is 35.6. The van der Waals surface area contributed by atoms with Crippen molar-refractivity contribution in [2.45, 2.75) is 58.9 Å². The van der Waals surface area contributed by atoms with Gasteiger partial charge in [-0.2, -0.15) is 0 Å². The number of carbonyl (C=O) groups excluding carboxylic acids is 1. The van der Waals surface area contributed by atoms with Crippen LogP contribution in [0.15, 0.2) is 0 Å². The number of amides is 1. The summed E-state index contributed by atoms with van der Waals surface area (Å²) in [7, 11) is 0. The van der Waals surface area contributed by atoms with Crippen LogP contribution in [0.5, 0.6) is 0 Å². The van der Waals surface area contributed by atoms with Crippen molar-refractivity contribution in [2.75, 3.05) is 6.54 Å². The van der Waals surface area contributed by atoms with Crippen LogP contribution in [0.25, 0.3) is 0 Å². The van der Waals surface area contributed by atoms with Gasteiger partial charge in [-0.3, -0.25) is 9.59 Å². The summed E-state index contributed by atoms with van der Waals surface area (Å²) < 4.78 is 0. The van der Waals surface area contributed by atoms with Crippen LogP contribution < -0.4 is 0 Å². The number of hydrogen-bond acceptors (Lipinski definition) is 3. The zero-order valence-electron chi connectivity index (χ0n) is 12.5. The largest absolute Gasteiger partial charge is 0.481 e. The van der Waals surface area contributed by atoms with Crippen LogP contribution in [0.1, 0.15) is 52.9 Å². The summed E-state index contributed by atoms with van der Waals surface area (Å²) in [6.45, 7) is 5.19. The van der Waals surface area contributed by atoms with Gasteiger partial charge >= 0.3 is 11.9 Å². The van der Waals surface area contributed by atoms with E-state index in [4.69, 9.17) is 5.11 Å². The molecule has 6 heteroatoms. The summed E-state index contributed by atoms with van der Waals surface area (Å²) in [6.07, 6.45) is 2.72. The van der Waals surface area contributed by atoms with E-state index in [1.54, 1.807) is 0 Å². The lowest BCUT2D eigenvalue weighted by atomic mass is 10.0. The lowest BCUT2D eigenvalue weighted by Crippen LogP contribution is -2.48. The molecule has 0 saturated heterocycles. The smallest absolute Gasteiger partial charge is 0.326 e.